The fourth-order valence-electron chi connectivity index (χ4n) is 3.65. The first-order valence-corrected chi connectivity index (χ1v) is 9.33. The Morgan fingerprint density at radius 1 is 1.27 bits per heavy atom. The summed E-state index contributed by atoms with van der Waals surface area (Å²) in [4.78, 5) is 20.5. The maximum Gasteiger partial charge on any atom is 0.222 e. The van der Waals surface area contributed by atoms with Crippen LogP contribution in [0.1, 0.15) is 32.4 Å². The van der Waals surface area contributed by atoms with Crippen LogP contribution in [-0.4, -0.2) is 65.4 Å². The molecule has 8 nitrogen and oxygen atoms in total. The number of hydrogen-bond acceptors (Lipinski definition) is 6. The van der Waals surface area contributed by atoms with E-state index in [0.29, 0.717) is 5.82 Å². The number of carbonyl (C=O) groups excluding carboxylic acids is 1. The summed E-state index contributed by atoms with van der Waals surface area (Å²) in [6, 6.07) is 1.90. The SMILES string of the molecule is CC(=O)Nc1cc2c(cn1)c(N1CCN(C)CC1)nn2C1CCCCO1. The van der Waals surface area contributed by atoms with Crippen molar-refractivity contribution in [2.24, 2.45) is 0 Å². The van der Waals surface area contributed by atoms with E-state index in [2.05, 4.69) is 27.1 Å². The molecule has 1 atom stereocenters. The number of amides is 1. The summed E-state index contributed by atoms with van der Waals surface area (Å²) >= 11 is 0. The summed E-state index contributed by atoms with van der Waals surface area (Å²) in [5, 5.41) is 8.71. The highest BCUT2D eigenvalue weighted by atomic mass is 16.5. The van der Waals surface area contributed by atoms with Crippen molar-refractivity contribution in [1.29, 1.82) is 0 Å². The minimum absolute atomic E-state index is 0.0555. The van der Waals surface area contributed by atoms with Crippen LogP contribution < -0.4 is 10.2 Å². The van der Waals surface area contributed by atoms with Gasteiger partial charge >= 0.3 is 0 Å². The molecular formula is C18H26N6O2. The van der Waals surface area contributed by atoms with Crippen LogP contribution in [0.15, 0.2) is 12.3 Å². The van der Waals surface area contributed by atoms with Crippen molar-refractivity contribution in [3.8, 4) is 0 Å². The number of fused-ring (bicyclic) bond motifs is 1. The predicted molar refractivity (Wildman–Crippen MR) is 100 cm³/mol. The summed E-state index contributed by atoms with van der Waals surface area (Å²) in [5.41, 5.74) is 0.963. The van der Waals surface area contributed by atoms with Crippen LogP contribution in [0.3, 0.4) is 0 Å². The van der Waals surface area contributed by atoms with E-state index in [1.807, 2.05) is 16.9 Å². The van der Waals surface area contributed by atoms with Crippen molar-refractivity contribution in [3.63, 3.8) is 0 Å². The van der Waals surface area contributed by atoms with Crippen molar-refractivity contribution in [1.82, 2.24) is 19.7 Å². The van der Waals surface area contributed by atoms with E-state index in [0.717, 1.165) is 68.8 Å². The van der Waals surface area contributed by atoms with E-state index in [1.165, 1.54) is 6.92 Å². The lowest BCUT2D eigenvalue weighted by Gasteiger charge is -2.32. The topological polar surface area (TPSA) is 75.5 Å². The fourth-order valence-corrected chi connectivity index (χ4v) is 3.65. The van der Waals surface area contributed by atoms with E-state index in [1.54, 1.807) is 0 Å². The van der Waals surface area contributed by atoms with Gasteiger partial charge < -0.3 is 19.9 Å². The number of rotatable bonds is 3. The van der Waals surface area contributed by atoms with Crippen molar-refractivity contribution in [2.75, 3.05) is 50.1 Å². The number of ether oxygens (including phenoxy) is 1. The van der Waals surface area contributed by atoms with Crippen LogP contribution in [0.2, 0.25) is 0 Å². The number of piperazine rings is 1. The Morgan fingerprint density at radius 3 is 2.77 bits per heavy atom. The fraction of sp³-hybridized carbons (Fsp3) is 0.611. The van der Waals surface area contributed by atoms with E-state index in [-0.39, 0.29) is 12.1 Å². The Bertz CT molecular complexity index is 790. The average Bonchev–Trinajstić information content (AvgIpc) is 3.01. The second-order valence-electron chi connectivity index (χ2n) is 7.15. The molecular weight excluding hydrogens is 332 g/mol. The molecule has 8 heteroatoms. The molecule has 0 bridgehead atoms. The Morgan fingerprint density at radius 2 is 2.08 bits per heavy atom. The Balaban J connectivity index is 1.75. The maximum atomic E-state index is 11.4. The van der Waals surface area contributed by atoms with Gasteiger partial charge in [-0.25, -0.2) is 9.67 Å². The molecule has 140 valence electrons. The molecule has 4 heterocycles. The number of nitrogens with zero attached hydrogens (tertiary/aromatic N) is 5. The van der Waals surface area contributed by atoms with Crippen molar-refractivity contribution in [3.05, 3.63) is 12.3 Å². The first-order chi connectivity index (χ1) is 12.6. The molecule has 4 rings (SSSR count). The average molecular weight is 358 g/mol. The lowest BCUT2D eigenvalue weighted by molar-refractivity contribution is -0.114. The van der Waals surface area contributed by atoms with Crippen LogP contribution in [-0.2, 0) is 9.53 Å². The predicted octanol–water partition coefficient (Wildman–Crippen LogP) is 1.84. The van der Waals surface area contributed by atoms with Gasteiger partial charge in [0.25, 0.3) is 0 Å². The molecule has 2 fully saturated rings. The highest BCUT2D eigenvalue weighted by Gasteiger charge is 2.25. The lowest BCUT2D eigenvalue weighted by Crippen LogP contribution is -2.44. The van der Waals surface area contributed by atoms with Crippen LogP contribution in [0, 0.1) is 0 Å². The summed E-state index contributed by atoms with van der Waals surface area (Å²) in [6.07, 6.45) is 4.95. The maximum absolute atomic E-state index is 11.4. The van der Waals surface area contributed by atoms with Gasteiger partial charge in [-0.15, -0.1) is 0 Å². The minimum Gasteiger partial charge on any atom is -0.356 e. The third-order valence-electron chi connectivity index (χ3n) is 5.11. The second kappa shape index (κ2) is 7.20. The molecule has 0 saturated carbocycles. The monoisotopic (exact) mass is 358 g/mol. The highest BCUT2D eigenvalue weighted by molar-refractivity contribution is 5.94. The van der Waals surface area contributed by atoms with Gasteiger partial charge in [0, 0.05) is 52.0 Å². The molecule has 0 aliphatic carbocycles. The van der Waals surface area contributed by atoms with E-state index in [4.69, 9.17) is 9.84 Å². The van der Waals surface area contributed by atoms with E-state index in [9.17, 15) is 4.79 Å². The molecule has 2 aromatic heterocycles. The molecule has 1 unspecified atom stereocenters. The molecule has 2 saturated heterocycles. The standard InChI is InChI=1S/C18H26N6O2/c1-13(25)20-16-11-15-14(12-19-16)18(23-8-6-22(2)7-9-23)21-24(15)17-5-3-4-10-26-17/h11-12,17H,3-10H2,1-2H3,(H,19,20,25). The molecule has 0 spiro atoms. The molecule has 26 heavy (non-hydrogen) atoms. The lowest BCUT2D eigenvalue weighted by atomic mass is 10.2. The number of hydrogen-bond donors (Lipinski definition) is 1. The van der Waals surface area contributed by atoms with Gasteiger partial charge in [0.05, 0.1) is 10.9 Å². The summed E-state index contributed by atoms with van der Waals surface area (Å²) in [5.74, 6) is 1.38. The van der Waals surface area contributed by atoms with Crippen molar-refractivity contribution >= 4 is 28.4 Å². The van der Waals surface area contributed by atoms with Crippen molar-refractivity contribution < 1.29 is 9.53 Å². The number of anilines is 2. The Hall–Kier alpha value is -2.19. The zero-order chi connectivity index (χ0) is 18.1. The number of aromatic nitrogens is 3. The number of nitrogens with one attached hydrogen (secondary N) is 1. The number of carbonyl (C=O) groups is 1. The Labute approximate surface area is 153 Å². The molecule has 1 amide bonds. The third kappa shape index (κ3) is 3.39. The molecule has 2 aliphatic heterocycles. The second-order valence-corrected chi connectivity index (χ2v) is 7.15. The highest BCUT2D eigenvalue weighted by Crippen LogP contribution is 2.33. The number of pyridine rings is 1. The molecule has 0 radical (unpaired) electrons. The van der Waals surface area contributed by atoms with Gasteiger partial charge in [0.15, 0.2) is 12.0 Å². The molecule has 2 aliphatic rings. The van der Waals surface area contributed by atoms with Crippen LogP contribution >= 0.6 is 0 Å². The van der Waals surface area contributed by atoms with Gasteiger partial charge in [-0.3, -0.25) is 4.79 Å². The normalized spacial score (nSPS) is 21.9. The zero-order valence-corrected chi connectivity index (χ0v) is 15.4. The first kappa shape index (κ1) is 17.2. The van der Waals surface area contributed by atoms with Crippen LogP contribution in [0.25, 0.3) is 10.9 Å². The van der Waals surface area contributed by atoms with Gasteiger partial charge in [0.1, 0.15) is 5.82 Å². The molecule has 0 aromatic carbocycles. The summed E-state index contributed by atoms with van der Waals surface area (Å²) in [7, 11) is 2.14. The van der Waals surface area contributed by atoms with E-state index < -0.39 is 0 Å². The van der Waals surface area contributed by atoms with Gasteiger partial charge in [-0.1, -0.05) is 0 Å². The first-order valence-electron chi connectivity index (χ1n) is 9.33. The largest absolute Gasteiger partial charge is 0.356 e. The summed E-state index contributed by atoms with van der Waals surface area (Å²) < 4.78 is 7.96. The Kier molecular flexibility index (Phi) is 4.78. The van der Waals surface area contributed by atoms with Gasteiger partial charge in [0.2, 0.25) is 5.91 Å². The van der Waals surface area contributed by atoms with Gasteiger partial charge in [-0.2, -0.15) is 5.10 Å². The molecule has 2 aromatic rings. The van der Waals surface area contributed by atoms with Crippen LogP contribution in [0.4, 0.5) is 11.6 Å². The summed E-state index contributed by atoms with van der Waals surface area (Å²) in [6.45, 7) is 6.18. The number of likely N-dealkylation sites (N-methyl/N-ethyl adjacent to an activating group) is 1. The quantitative estimate of drug-likeness (QED) is 0.902. The van der Waals surface area contributed by atoms with Crippen LogP contribution in [0.5, 0.6) is 0 Å². The minimum atomic E-state index is -0.129. The molecule has 1 N–H and O–H groups in total. The third-order valence-corrected chi connectivity index (χ3v) is 5.11. The van der Waals surface area contributed by atoms with Crippen molar-refractivity contribution in [2.45, 2.75) is 32.4 Å². The van der Waals surface area contributed by atoms with Gasteiger partial charge in [-0.05, 0) is 26.3 Å². The smallest absolute Gasteiger partial charge is 0.222 e. The van der Waals surface area contributed by atoms with E-state index >= 15 is 0 Å². The zero-order valence-electron chi connectivity index (χ0n) is 15.4.